The van der Waals surface area contributed by atoms with E-state index in [-0.39, 0.29) is 54.0 Å². The molecule has 3 rings (SSSR count). The van der Waals surface area contributed by atoms with Crippen LogP contribution in [0.2, 0.25) is 0 Å². The molecule has 2 aliphatic heterocycles. The van der Waals surface area contributed by atoms with Crippen molar-refractivity contribution in [3.05, 3.63) is 46.4 Å². The molecule has 0 bridgehead atoms. The molecule has 0 aromatic carbocycles. The highest BCUT2D eigenvalue weighted by Gasteiger charge is 2.37. The second kappa shape index (κ2) is 17.5. The third-order valence-corrected chi connectivity index (χ3v) is 9.25. The average molecular weight is 705 g/mol. The number of ether oxygens (including phenoxy) is 3. The van der Waals surface area contributed by atoms with E-state index in [1.165, 1.54) is 0 Å². The zero-order valence-electron chi connectivity index (χ0n) is 30.9. The van der Waals surface area contributed by atoms with Gasteiger partial charge in [0, 0.05) is 57.5 Å². The molecule has 49 heavy (non-hydrogen) atoms. The van der Waals surface area contributed by atoms with Gasteiger partial charge in [-0.1, -0.05) is 25.4 Å². The Morgan fingerprint density at radius 1 is 1.14 bits per heavy atom. The van der Waals surface area contributed by atoms with Crippen molar-refractivity contribution in [2.24, 2.45) is 16.8 Å². The molecule has 274 valence electrons. The minimum atomic E-state index is -0.555. The number of amides is 3. The number of nitrogens with one attached hydrogen (secondary N) is 3. The van der Waals surface area contributed by atoms with E-state index in [0.717, 1.165) is 6.54 Å². The van der Waals surface area contributed by atoms with E-state index in [0.29, 0.717) is 54.6 Å². The summed E-state index contributed by atoms with van der Waals surface area (Å²) in [6.45, 7) is 21.0. The molecule has 3 N–H and O–H groups in total. The topological polar surface area (TPSA) is 134 Å². The second-order valence-electron chi connectivity index (χ2n) is 14.7. The van der Waals surface area contributed by atoms with Gasteiger partial charge < -0.3 is 35.1 Å². The summed E-state index contributed by atoms with van der Waals surface area (Å²) in [5.74, 6) is -0.142. The number of aliphatic imine (C=N–C) groups is 1. The highest BCUT2D eigenvalue weighted by molar-refractivity contribution is 6.30. The number of nitrogens with zero attached hydrogens (tertiary/aromatic N) is 3. The molecule has 1 aliphatic carbocycles. The number of dihydropyridines is 1. The Hall–Kier alpha value is -3.35. The number of carbonyl (C=O) groups is 3. The van der Waals surface area contributed by atoms with Gasteiger partial charge in [0.15, 0.2) is 0 Å². The lowest BCUT2D eigenvalue weighted by atomic mass is 9.87. The fourth-order valence-electron chi connectivity index (χ4n) is 5.74. The normalized spacial score (nSPS) is 24.4. The second-order valence-corrected chi connectivity index (χ2v) is 15.1. The molecule has 0 spiro atoms. The summed E-state index contributed by atoms with van der Waals surface area (Å²) < 4.78 is 17.1. The minimum absolute atomic E-state index is 0.0309. The zero-order valence-corrected chi connectivity index (χ0v) is 31.6. The van der Waals surface area contributed by atoms with Gasteiger partial charge in [0.05, 0.1) is 28.8 Å². The van der Waals surface area contributed by atoms with E-state index in [1.807, 2.05) is 45.7 Å². The molecule has 12 nitrogen and oxygen atoms in total. The first-order valence-electron chi connectivity index (χ1n) is 17.2. The maximum absolute atomic E-state index is 13.3. The van der Waals surface area contributed by atoms with Crippen molar-refractivity contribution in [2.75, 3.05) is 46.5 Å². The monoisotopic (exact) mass is 704 g/mol. The Morgan fingerprint density at radius 2 is 1.86 bits per heavy atom. The largest absolute Gasteiger partial charge is 0.495 e. The third-order valence-electron chi connectivity index (χ3n) is 8.91. The molecule has 1 saturated heterocycles. The molecular formula is C36H57ClN6O6. The lowest BCUT2D eigenvalue weighted by molar-refractivity contribution is -0.118. The molecule has 0 saturated carbocycles. The predicted molar refractivity (Wildman–Crippen MR) is 193 cm³/mol. The standard InChI is InChI=1S/C36H57ClN6O6/c1-23-18-30(28(32(44)39-14-17-47-10)19-27(23)33(45)41-31-29(37)12-11-13-38-31)48-21-25(3)40-22-36(8,9)42-15-16-43(26(4)24(2)20-42)34(46)49-35(5,6)7/h11-13,19,22-26,31,38H,14-18,20-21H2,1-10H3,(H,39,44)(H,41,45)/t23?,24?,25?,26-,31?/m1/s1. The van der Waals surface area contributed by atoms with Crippen LogP contribution in [-0.4, -0.2) is 110 Å². The summed E-state index contributed by atoms with van der Waals surface area (Å²) in [5, 5.41) is 9.22. The van der Waals surface area contributed by atoms with Crippen molar-refractivity contribution in [3.8, 4) is 0 Å². The predicted octanol–water partition coefficient (Wildman–Crippen LogP) is 4.48. The first-order chi connectivity index (χ1) is 22.9. The summed E-state index contributed by atoms with van der Waals surface area (Å²) in [6, 6.07) is -0.183. The van der Waals surface area contributed by atoms with E-state index in [9.17, 15) is 14.4 Å². The van der Waals surface area contributed by atoms with Gasteiger partial charge in [-0.2, -0.15) is 0 Å². The number of hydrogen-bond acceptors (Lipinski definition) is 9. The molecule has 2 heterocycles. The van der Waals surface area contributed by atoms with Crippen molar-refractivity contribution in [2.45, 2.75) is 98.1 Å². The van der Waals surface area contributed by atoms with Crippen molar-refractivity contribution < 1.29 is 28.6 Å². The number of methoxy groups -OCH3 is 1. The number of rotatable bonds is 12. The highest BCUT2D eigenvalue weighted by Crippen LogP contribution is 2.31. The van der Waals surface area contributed by atoms with Gasteiger partial charge in [-0.15, -0.1) is 0 Å². The van der Waals surface area contributed by atoms with E-state index < -0.39 is 11.8 Å². The first-order valence-corrected chi connectivity index (χ1v) is 17.5. The Morgan fingerprint density at radius 3 is 2.51 bits per heavy atom. The fraction of sp³-hybridized carbons (Fsp3) is 0.667. The van der Waals surface area contributed by atoms with Gasteiger partial charge >= 0.3 is 6.09 Å². The van der Waals surface area contributed by atoms with Gasteiger partial charge in [-0.05, 0) is 84.7 Å². The summed E-state index contributed by atoms with van der Waals surface area (Å²) in [6.07, 6.45) is 8.26. The van der Waals surface area contributed by atoms with Crippen LogP contribution < -0.4 is 16.0 Å². The van der Waals surface area contributed by atoms with Gasteiger partial charge in [0.25, 0.3) is 5.91 Å². The number of halogens is 1. The van der Waals surface area contributed by atoms with Crippen LogP contribution in [0.5, 0.6) is 0 Å². The highest BCUT2D eigenvalue weighted by atomic mass is 35.5. The van der Waals surface area contributed by atoms with Crippen molar-refractivity contribution in [1.29, 1.82) is 0 Å². The number of hydrogen-bond donors (Lipinski definition) is 3. The summed E-state index contributed by atoms with van der Waals surface area (Å²) in [4.78, 5) is 48.6. The molecule has 0 aromatic rings. The molecule has 3 amide bonds. The lowest BCUT2D eigenvalue weighted by Gasteiger charge is -2.36. The summed E-state index contributed by atoms with van der Waals surface area (Å²) in [7, 11) is 1.56. The van der Waals surface area contributed by atoms with E-state index in [2.05, 4.69) is 48.5 Å². The maximum Gasteiger partial charge on any atom is 0.410 e. The average Bonchev–Trinajstić information content (AvgIpc) is 3.17. The van der Waals surface area contributed by atoms with E-state index in [1.54, 1.807) is 31.5 Å². The van der Waals surface area contributed by atoms with Crippen LogP contribution in [0.4, 0.5) is 4.79 Å². The number of allylic oxidation sites excluding steroid dienone is 3. The first kappa shape index (κ1) is 40.1. The summed E-state index contributed by atoms with van der Waals surface area (Å²) in [5.41, 5.74) is -0.176. The maximum atomic E-state index is 13.3. The van der Waals surface area contributed by atoms with E-state index >= 15 is 0 Å². The molecule has 5 atom stereocenters. The Kier molecular flexibility index (Phi) is 14.3. The number of carbonyl (C=O) groups excluding carboxylic acids is 3. The molecule has 0 radical (unpaired) electrons. The SMILES string of the molecule is COCCNC(=O)C1=C(OCC(C)N=CC(C)(C)N2CCN(C(=O)OC(C)(C)C)[C@H](C)C(C)C2)CC(C)C(C(=O)NC2NC=CC=C2Cl)=C1. The fourth-order valence-corrected chi connectivity index (χ4v) is 5.93. The summed E-state index contributed by atoms with van der Waals surface area (Å²) >= 11 is 6.27. The van der Waals surface area contributed by atoms with Gasteiger partial charge in [0.2, 0.25) is 5.91 Å². The van der Waals surface area contributed by atoms with Crippen molar-refractivity contribution in [3.63, 3.8) is 0 Å². The quantitative estimate of drug-likeness (QED) is 0.200. The van der Waals surface area contributed by atoms with Crippen LogP contribution in [0.15, 0.2) is 51.4 Å². The van der Waals surface area contributed by atoms with Gasteiger partial charge in [0.1, 0.15) is 24.1 Å². The minimum Gasteiger partial charge on any atom is -0.495 e. The van der Waals surface area contributed by atoms with Crippen LogP contribution in [0.3, 0.4) is 0 Å². The molecular weight excluding hydrogens is 648 g/mol. The van der Waals surface area contributed by atoms with Crippen LogP contribution in [-0.2, 0) is 23.8 Å². The van der Waals surface area contributed by atoms with Crippen LogP contribution in [0.25, 0.3) is 0 Å². The van der Waals surface area contributed by atoms with Crippen LogP contribution in [0.1, 0.15) is 68.7 Å². The molecule has 4 unspecified atom stereocenters. The van der Waals surface area contributed by atoms with Crippen LogP contribution in [0, 0.1) is 11.8 Å². The third kappa shape index (κ3) is 11.6. The molecule has 13 heteroatoms. The zero-order chi connectivity index (χ0) is 36.5. The molecule has 1 fully saturated rings. The molecule has 3 aliphatic rings. The van der Waals surface area contributed by atoms with Crippen LogP contribution >= 0.6 is 11.6 Å². The van der Waals surface area contributed by atoms with Gasteiger partial charge in [-0.25, -0.2) is 4.79 Å². The smallest absolute Gasteiger partial charge is 0.410 e. The Labute approximate surface area is 297 Å². The Balaban J connectivity index is 1.71. The lowest BCUT2D eigenvalue weighted by Crippen LogP contribution is -2.48. The van der Waals surface area contributed by atoms with Crippen molar-refractivity contribution >= 4 is 35.7 Å². The van der Waals surface area contributed by atoms with Gasteiger partial charge in [-0.3, -0.25) is 19.5 Å². The van der Waals surface area contributed by atoms with Crippen molar-refractivity contribution in [1.82, 2.24) is 25.8 Å². The Bertz CT molecular complexity index is 1350. The van der Waals surface area contributed by atoms with E-state index in [4.69, 9.17) is 30.8 Å². The molecule has 0 aromatic heterocycles.